The lowest BCUT2D eigenvalue weighted by atomic mass is 9.86. The van der Waals surface area contributed by atoms with Gasteiger partial charge in [0.25, 0.3) is 0 Å². The molecule has 5 aromatic carbocycles. The average molecular weight is 635 g/mol. The summed E-state index contributed by atoms with van der Waals surface area (Å²) in [5.74, 6) is 1.08. The third-order valence-electron chi connectivity index (χ3n) is 8.81. The molecule has 2 heterocycles. The Kier molecular flexibility index (Phi) is 8.04. The number of benzene rings is 5. The second-order valence-electron chi connectivity index (χ2n) is 14.4. The quantitative estimate of drug-likeness (QED) is 0.187. The Balaban J connectivity index is 1.21. The molecule has 2 unspecified atom stereocenters. The van der Waals surface area contributed by atoms with Crippen molar-refractivity contribution in [2.24, 2.45) is 10.2 Å². The molecule has 2 aliphatic rings. The maximum absolute atomic E-state index is 6.65. The van der Waals surface area contributed by atoms with Crippen LogP contribution in [0.15, 0.2) is 144 Å². The minimum absolute atomic E-state index is 0.0618. The zero-order valence-corrected chi connectivity index (χ0v) is 28.5. The van der Waals surface area contributed by atoms with E-state index < -0.39 is 12.5 Å². The Hall–Kier alpha value is -5.36. The van der Waals surface area contributed by atoms with Gasteiger partial charge in [0.2, 0.25) is 24.3 Å². The summed E-state index contributed by atoms with van der Waals surface area (Å²) in [7, 11) is 0. The zero-order chi connectivity index (χ0) is 33.5. The van der Waals surface area contributed by atoms with Gasteiger partial charge in [-0.25, -0.2) is 10.0 Å². The molecule has 0 aliphatic carbocycles. The van der Waals surface area contributed by atoms with Crippen molar-refractivity contribution in [1.29, 1.82) is 0 Å². The fourth-order valence-corrected chi connectivity index (χ4v) is 5.96. The molecule has 2 atom stereocenters. The first-order valence-electron chi connectivity index (χ1n) is 16.6. The van der Waals surface area contributed by atoms with Crippen molar-refractivity contribution in [3.63, 3.8) is 0 Å². The van der Waals surface area contributed by atoms with E-state index in [4.69, 9.17) is 19.7 Å². The maximum Gasteiger partial charge on any atom is 0.241 e. The molecule has 0 aromatic heterocycles. The van der Waals surface area contributed by atoms with Crippen LogP contribution in [0, 0.1) is 0 Å². The highest BCUT2D eigenvalue weighted by molar-refractivity contribution is 6.01. The Morgan fingerprint density at radius 2 is 0.833 bits per heavy atom. The third-order valence-corrected chi connectivity index (χ3v) is 8.81. The van der Waals surface area contributed by atoms with Gasteiger partial charge >= 0.3 is 0 Å². The van der Waals surface area contributed by atoms with E-state index in [2.05, 4.69) is 114 Å². The molecule has 0 spiro atoms. The monoisotopic (exact) mass is 634 g/mol. The fraction of sp³-hybridized carbons (Fsp3) is 0.238. The van der Waals surface area contributed by atoms with E-state index >= 15 is 0 Å². The number of rotatable bonds is 6. The van der Waals surface area contributed by atoms with E-state index in [0.29, 0.717) is 11.8 Å². The molecule has 48 heavy (non-hydrogen) atoms. The van der Waals surface area contributed by atoms with Crippen LogP contribution in [0.25, 0.3) is 0 Å². The van der Waals surface area contributed by atoms with E-state index in [-0.39, 0.29) is 10.8 Å². The van der Waals surface area contributed by atoms with E-state index in [1.165, 1.54) is 11.1 Å². The van der Waals surface area contributed by atoms with Crippen molar-refractivity contribution in [3.8, 4) is 0 Å². The Labute approximate surface area is 284 Å². The summed E-state index contributed by atoms with van der Waals surface area (Å²) in [5, 5.41) is 13.9. The molecular formula is C42H42N4O2. The summed E-state index contributed by atoms with van der Waals surface area (Å²) in [5.41, 5.74) is 8.33. The molecule has 7 rings (SSSR count). The molecule has 5 aromatic rings. The van der Waals surface area contributed by atoms with Gasteiger partial charge in [0.05, 0.1) is 11.4 Å². The summed E-state index contributed by atoms with van der Waals surface area (Å²) in [6.45, 7) is 13.3. The molecule has 6 nitrogen and oxygen atoms in total. The van der Waals surface area contributed by atoms with Gasteiger partial charge in [0.15, 0.2) is 0 Å². The van der Waals surface area contributed by atoms with Gasteiger partial charge in [0, 0.05) is 22.3 Å². The SMILES string of the molecule is CC(C)(C)c1ccc(C2OC(c3cccc(C4=NN(c5ccccc5)C(c5ccc(C(C)(C)C)cc5)O4)c3)=NN2c2ccccc2)cc1. The predicted octanol–water partition coefficient (Wildman–Crippen LogP) is 10.1. The third kappa shape index (κ3) is 6.30. The van der Waals surface area contributed by atoms with E-state index in [0.717, 1.165) is 33.6 Å². The van der Waals surface area contributed by atoms with E-state index in [1.807, 2.05) is 70.7 Å². The minimum Gasteiger partial charge on any atom is -0.446 e. The van der Waals surface area contributed by atoms with Crippen LogP contribution in [0.3, 0.4) is 0 Å². The van der Waals surface area contributed by atoms with Crippen LogP contribution in [-0.2, 0) is 20.3 Å². The Morgan fingerprint density at radius 1 is 0.458 bits per heavy atom. The summed E-state index contributed by atoms with van der Waals surface area (Å²) in [6.07, 6.45) is -0.816. The highest BCUT2D eigenvalue weighted by Gasteiger charge is 2.34. The molecule has 0 bridgehead atoms. The molecule has 2 aliphatic heterocycles. The van der Waals surface area contributed by atoms with Crippen molar-refractivity contribution in [3.05, 3.63) is 167 Å². The summed E-state index contributed by atoms with van der Waals surface area (Å²) < 4.78 is 13.3. The van der Waals surface area contributed by atoms with Gasteiger partial charge in [-0.2, -0.15) is 0 Å². The number of nitrogens with zero attached hydrogens (tertiary/aromatic N) is 4. The molecule has 0 radical (unpaired) electrons. The van der Waals surface area contributed by atoms with E-state index in [9.17, 15) is 0 Å². The van der Waals surface area contributed by atoms with Crippen LogP contribution >= 0.6 is 0 Å². The highest BCUT2D eigenvalue weighted by Crippen LogP contribution is 2.38. The standard InChI is InChI=1S/C42H42N4O2/c1-41(2,3)33-24-20-29(21-25-33)39-45(35-16-9-7-10-17-35)43-37(47-39)31-14-13-15-32(28-31)38-44-46(36-18-11-8-12-19-36)40(48-38)30-22-26-34(27-23-30)42(4,5)6/h7-28,39-40H,1-6H3. The lowest BCUT2D eigenvalue weighted by Crippen LogP contribution is -2.20. The second-order valence-corrected chi connectivity index (χ2v) is 14.4. The van der Waals surface area contributed by atoms with Crippen LogP contribution < -0.4 is 10.0 Å². The molecular weight excluding hydrogens is 592 g/mol. The predicted molar refractivity (Wildman–Crippen MR) is 195 cm³/mol. The number of hydrogen-bond donors (Lipinski definition) is 0. The van der Waals surface area contributed by atoms with Crippen LogP contribution in [0.2, 0.25) is 0 Å². The van der Waals surface area contributed by atoms with Gasteiger partial charge < -0.3 is 9.47 Å². The van der Waals surface area contributed by atoms with E-state index in [1.54, 1.807) is 0 Å². The maximum atomic E-state index is 6.65. The number of anilines is 2. The Morgan fingerprint density at radius 3 is 1.19 bits per heavy atom. The number of para-hydroxylation sites is 2. The number of ether oxygens (including phenoxy) is 2. The second kappa shape index (κ2) is 12.3. The van der Waals surface area contributed by atoms with Crippen LogP contribution in [-0.4, -0.2) is 11.8 Å². The zero-order valence-electron chi connectivity index (χ0n) is 28.5. The first-order valence-corrected chi connectivity index (χ1v) is 16.6. The van der Waals surface area contributed by atoms with Crippen LogP contribution in [0.5, 0.6) is 0 Å². The topological polar surface area (TPSA) is 49.7 Å². The first kappa shape index (κ1) is 31.3. The van der Waals surface area contributed by atoms with Gasteiger partial charge in [-0.15, -0.1) is 10.2 Å². The van der Waals surface area contributed by atoms with Crippen LogP contribution in [0.4, 0.5) is 11.4 Å². The Bertz CT molecular complexity index is 1800. The largest absolute Gasteiger partial charge is 0.446 e. The molecule has 242 valence electrons. The van der Waals surface area contributed by atoms with Gasteiger partial charge in [0.1, 0.15) is 0 Å². The highest BCUT2D eigenvalue weighted by atomic mass is 16.5. The van der Waals surface area contributed by atoms with Crippen molar-refractivity contribution < 1.29 is 9.47 Å². The molecule has 0 saturated heterocycles. The van der Waals surface area contributed by atoms with Crippen molar-refractivity contribution >= 4 is 23.2 Å². The van der Waals surface area contributed by atoms with Gasteiger partial charge in [-0.05, 0) is 64.4 Å². The van der Waals surface area contributed by atoms with Gasteiger partial charge in [-0.3, -0.25) is 0 Å². The minimum atomic E-state index is -0.408. The number of hydrogen-bond acceptors (Lipinski definition) is 6. The summed E-state index contributed by atoms with van der Waals surface area (Å²) in [4.78, 5) is 0. The smallest absolute Gasteiger partial charge is 0.241 e. The normalized spacial score (nSPS) is 17.9. The van der Waals surface area contributed by atoms with Crippen molar-refractivity contribution in [2.75, 3.05) is 10.0 Å². The lowest BCUT2D eigenvalue weighted by molar-refractivity contribution is 0.217. The summed E-state index contributed by atoms with van der Waals surface area (Å²) in [6, 6.07) is 45.7. The molecule has 0 amide bonds. The lowest BCUT2D eigenvalue weighted by Gasteiger charge is -2.24. The first-order chi connectivity index (χ1) is 23.0. The fourth-order valence-electron chi connectivity index (χ4n) is 5.96. The van der Waals surface area contributed by atoms with Crippen LogP contribution in [0.1, 0.15) is 87.4 Å². The van der Waals surface area contributed by atoms with Gasteiger partial charge in [-0.1, -0.05) is 133 Å². The molecule has 0 saturated carbocycles. The van der Waals surface area contributed by atoms with Crippen molar-refractivity contribution in [2.45, 2.75) is 64.8 Å². The molecule has 6 heteroatoms. The molecule has 0 fully saturated rings. The number of hydrazone groups is 2. The average Bonchev–Trinajstić information content (AvgIpc) is 3.75. The molecule has 0 N–H and O–H groups in total. The summed E-state index contributed by atoms with van der Waals surface area (Å²) >= 11 is 0. The van der Waals surface area contributed by atoms with Crippen molar-refractivity contribution in [1.82, 2.24) is 0 Å².